The standard InChI is InChI=1S/C14H22O3/c1-9-5-6-14(8-17-12(4)15)7-16-11(3)13(9)10(14)2/h5,10-11,13H,6-8H2,1-4H3/t10-,11-,13-,14-/m0/s1. The molecule has 0 amide bonds. The minimum atomic E-state index is -0.201. The van der Waals surface area contributed by atoms with Gasteiger partial charge in [0.1, 0.15) is 0 Å². The third-order valence-corrected chi connectivity index (χ3v) is 4.56. The normalized spacial score (nSPS) is 40.7. The molecule has 0 saturated carbocycles. The second-order valence-corrected chi connectivity index (χ2v) is 5.63. The smallest absolute Gasteiger partial charge is 0.302 e. The van der Waals surface area contributed by atoms with Gasteiger partial charge in [0.25, 0.3) is 0 Å². The summed E-state index contributed by atoms with van der Waals surface area (Å²) in [5, 5.41) is 0. The van der Waals surface area contributed by atoms with E-state index in [9.17, 15) is 4.79 Å². The fraction of sp³-hybridized carbons (Fsp3) is 0.786. The summed E-state index contributed by atoms with van der Waals surface area (Å²) in [5.74, 6) is 0.775. The lowest BCUT2D eigenvalue weighted by Crippen LogP contribution is -2.52. The van der Waals surface area contributed by atoms with E-state index in [0.717, 1.165) is 6.42 Å². The van der Waals surface area contributed by atoms with E-state index < -0.39 is 0 Å². The molecule has 1 fully saturated rings. The van der Waals surface area contributed by atoms with Crippen molar-refractivity contribution in [1.82, 2.24) is 0 Å². The maximum atomic E-state index is 11.0. The van der Waals surface area contributed by atoms with Gasteiger partial charge in [-0.2, -0.15) is 0 Å². The first kappa shape index (κ1) is 12.6. The van der Waals surface area contributed by atoms with E-state index in [1.165, 1.54) is 12.5 Å². The highest BCUT2D eigenvalue weighted by molar-refractivity contribution is 5.65. The van der Waals surface area contributed by atoms with E-state index in [0.29, 0.717) is 25.0 Å². The van der Waals surface area contributed by atoms with Crippen molar-refractivity contribution in [3.05, 3.63) is 11.6 Å². The Balaban J connectivity index is 2.21. The van der Waals surface area contributed by atoms with Crippen LogP contribution in [-0.2, 0) is 14.3 Å². The maximum Gasteiger partial charge on any atom is 0.302 e. The second-order valence-electron chi connectivity index (χ2n) is 5.63. The molecule has 96 valence electrons. The Kier molecular flexibility index (Phi) is 3.30. The Morgan fingerprint density at radius 2 is 2.29 bits per heavy atom. The van der Waals surface area contributed by atoms with Gasteiger partial charge in [0, 0.05) is 18.3 Å². The average molecular weight is 238 g/mol. The summed E-state index contributed by atoms with van der Waals surface area (Å²) >= 11 is 0. The molecular formula is C14H22O3. The summed E-state index contributed by atoms with van der Waals surface area (Å²) in [5.41, 5.74) is 1.41. The van der Waals surface area contributed by atoms with Gasteiger partial charge in [-0.25, -0.2) is 0 Å². The van der Waals surface area contributed by atoms with E-state index >= 15 is 0 Å². The molecule has 0 aromatic carbocycles. The van der Waals surface area contributed by atoms with Crippen molar-refractivity contribution in [1.29, 1.82) is 0 Å². The van der Waals surface area contributed by atoms with Crippen molar-refractivity contribution in [2.45, 2.75) is 40.2 Å². The number of fused-ring (bicyclic) bond motifs is 2. The van der Waals surface area contributed by atoms with Crippen LogP contribution in [0, 0.1) is 17.3 Å². The van der Waals surface area contributed by atoms with E-state index in [-0.39, 0.29) is 17.5 Å². The van der Waals surface area contributed by atoms with Crippen molar-refractivity contribution in [3.63, 3.8) is 0 Å². The zero-order valence-corrected chi connectivity index (χ0v) is 11.2. The molecule has 1 aliphatic carbocycles. The molecule has 3 heteroatoms. The monoisotopic (exact) mass is 238 g/mol. The third-order valence-electron chi connectivity index (χ3n) is 4.56. The first-order valence-corrected chi connectivity index (χ1v) is 6.38. The van der Waals surface area contributed by atoms with Gasteiger partial charge in [0.2, 0.25) is 0 Å². The zero-order valence-electron chi connectivity index (χ0n) is 11.2. The Bertz CT molecular complexity index is 347. The van der Waals surface area contributed by atoms with Crippen molar-refractivity contribution < 1.29 is 14.3 Å². The Labute approximate surface area is 103 Å². The number of ether oxygens (including phenoxy) is 2. The molecule has 2 bridgehead atoms. The van der Waals surface area contributed by atoms with Crippen LogP contribution in [0.4, 0.5) is 0 Å². The predicted molar refractivity (Wildman–Crippen MR) is 65.5 cm³/mol. The van der Waals surface area contributed by atoms with Crippen molar-refractivity contribution in [2.75, 3.05) is 13.2 Å². The lowest BCUT2D eigenvalue weighted by atomic mass is 9.60. The molecular weight excluding hydrogens is 216 g/mol. The van der Waals surface area contributed by atoms with Crippen LogP contribution in [0.25, 0.3) is 0 Å². The molecule has 0 unspecified atom stereocenters. The fourth-order valence-corrected chi connectivity index (χ4v) is 3.31. The van der Waals surface area contributed by atoms with Crippen molar-refractivity contribution in [3.8, 4) is 0 Å². The molecule has 2 aliphatic rings. The number of esters is 1. The molecule has 1 aliphatic heterocycles. The number of carbonyl (C=O) groups excluding carboxylic acids is 1. The number of carbonyl (C=O) groups is 1. The number of hydrogen-bond acceptors (Lipinski definition) is 3. The predicted octanol–water partition coefficient (Wildman–Crippen LogP) is 2.56. The first-order chi connectivity index (χ1) is 7.96. The van der Waals surface area contributed by atoms with Gasteiger partial charge in [-0.05, 0) is 26.2 Å². The largest absolute Gasteiger partial charge is 0.465 e. The van der Waals surface area contributed by atoms with Gasteiger partial charge in [-0.3, -0.25) is 4.79 Å². The van der Waals surface area contributed by atoms with Crippen molar-refractivity contribution in [2.24, 2.45) is 17.3 Å². The van der Waals surface area contributed by atoms with Gasteiger partial charge in [0.15, 0.2) is 0 Å². The summed E-state index contributed by atoms with van der Waals surface area (Å²) in [4.78, 5) is 11.0. The molecule has 0 spiro atoms. The van der Waals surface area contributed by atoms with Crippen molar-refractivity contribution >= 4 is 5.97 Å². The maximum absolute atomic E-state index is 11.0. The Morgan fingerprint density at radius 1 is 1.59 bits per heavy atom. The van der Waals surface area contributed by atoms with Crippen LogP contribution in [0.1, 0.15) is 34.1 Å². The zero-order chi connectivity index (χ0) is 12.6. The highest BCUT2D eigenvalue weighted by atomic mass is 16.5. The molecule has 0 aromatic rings. The van der Waals surface area contributed by atoms with Gasteiger partial charge in [-0.15, -0.1) is 0 Å². The molecule has 1 saturated heterocycles. The van der Waals surface area contributed by atoms with Crippen LogP contribution in [-0.4, -0.2) is 25.3 Å². The van der Waals surface area contributed by atoms with Gasteiger partial charge in [0.05, 0.1) is 19.3 Å². The highest BCUT2D eigenvalue weighted by Gasteiger charge is 2.49. The molecule has 0 N–H and O–H groups in total. The van der Waals surface area contributed by atoms with Crippen LogP contribution in [0.3, 0.4) is 0 Å². The molecule has 17 heavy (non-hydrogen) atoms. The second kappa shape index (κ2) is 4.45. The lowest BCUT2D eigenvalue weighted by Gasteiger charge is -2.51. The average Bonchev–Trinajstić information content (AvgIpc) is 2.26. The molecule has 2 rings (SSSR count). The fourth-order valence-electron chi connectivity index (χ4n) is 3.31. The van der Waals surface area contributed by atoms with E-state index in [2.05, 4.69) is 26.8 Å². The highest BCUT2D eigenvalue weighted by Crippen LogP contribution is 2.49. The Morgan fingerprint density at radius 3 is 2.94 bits per heavy atom. The topological polar surface area (TPSA) is 35.5 Å². The SMILES string of the molecule is CC(=O)OC[C@]12CC=C(C)[C@H]([C@H](C)OC1)[C@@H]2C. The van der Waals surface area contributed by atoms with Crippen LogP contribution in [0.5, 0.6) is 0 Å². The minimum absolute atomic E-state index is 0.0116. The summed E-state index contributed by atoms with van der Waals surface area (Å²) < 4.78 is 11.1. The molecule has 0 aromatic heterocycles. The van der Waals surface area contributed by atoms with Gasteiger partial charge >= 0.3 is 5.97 Å². The minimum Gasteiger partial charge on any atom is -0.465 e. The van der Waals surface area contributed by atoms with E-state index in [4.69, 9.17) is 9.47 Å². The molecule has 3 nitrogen and oxygen atoms in total. The number of allylic oxidation sites excluding steroid dienone is 1. The van der Waals surface area contributed by atoms with Crippen LogP contribution >= 0.6 is 0 Å². The lowest BCUT2D eigenvalue weighted by molar-refractivity contribution is -0.165. The summed E-state index contributed by atoms with van der Waals surface area (Å²) in [6.07, 6.45) is 3.52. The van der Waals surface area contributed by atoms with E-state index in [1.54, 1.807) is 0 Å². The van der Waals surface area contributed by atoms with E-state index in [1.807, 2.05) is 0 Å². The Hall–Kier alpha value is -0.830. The summed E-state index contributed by atoms with van der Waals surface area (Å²) in [7, 11) is 0. The molecule has 0 radical (unpaired) electrons. The van der Waals surface area contributed by atoms with Crippen LogP contribution < -0.4 is 0 Å². The van der Waals surface area contributed by atoms with Gasteiger partial charge in [-0.1, -0.05) is 18.6 Å². The van der Waals surface area contributed by atoms with Gasteiger partial charge < -0.3 is 9.47 Å². The first-order valence-electron chi connectivity index (χ1n) is 6.38. The van der Waals surface area contributed by atoms with Crippen LogP contribution in [0.2, 0.25) is 0 Å². The molecule has 4 atom stereocenters. The quantitative estimate of drug-likeness (QED) is 0.548. The third kappa shape index (κ3) is 2.13. The summed E-state index contributed by atoms with van der Waals surface area (Å²) in [6.45, 7) is 9.24. The number of rotatable bonds is 2. The molecule has 1 heterocycles. The van der Waals surface area contributed by atoms with Crippen LogP contribution in [0.15, 0.2) is 11.6 Å². The summed E-state index contributed by atoms with van der Waals surface area (Å²) in [6, 6.07) is 0. The number of hydrogen-bond donors (Lipinski definition) is 0.